The summed E-state index contributed by atoms with van der Waals surface area (Å²) in [6.07, 6.45) is 0. The number of hydrogen-bond donors (Lipinski definition) is 2. The van der Waals surface area contributed by atoms with E-state index in [1.54, 1.807) is 12.1 Å². The maximum absolute atomic E-state index is 13.5. The van der Waals surface area contributed by atoms with Gasteiger partial charge in [-0.2, -0.15) is 0 Å². The molecule has 2 aromatic rings. The van der Waals surface area contributed by atoms with Crippen molar-refractivity contribution < 1.29 is 13.6 Å². The Labute approximate surface area is 116 Å². The molecule has 2 aromatic carbocycles. The van der Waals surface area contributed by atoms with Crippen molar-refractivity contribution in [2.45, 2.75) is 0 Å². The average Bonchev–Trinajstić information content (AvgIpc) is 2.37. The first-order chi connectivity index (χ1) is 8.99. The molecule has 0 unspecified atom stereocenters. The van der Waals surface area contributed by atoms with Crippen molar-refractivity contribution in [1.82, 2.24) is 0 Å². The van der Waals surface area contributed by atoms with Crippen LogP contribution in [0.1, 0.15) is 10.4 Å². The van der Waals surface area contributed by atoms with Gasteiger partial charge >= 0.3 is 0 Å². The molecule has 0 heterocycles. The summed E-state index contributed by atoms with van der Waals surface area (Å²) in [6, 6.07) is 8.22. The van der Waals surface area contributed by atoms with Gasteiger partial charge in [0.1, 0.15) is 0 Å². The van der Waals surface area contributed by atoms with E-state index in [0.29, 0.717) is 15.8 Å². The number of nitrogen functional groups attached to an aromatic ring is 1. The molecule has 3 N–H and O–H groups in total. The van der Waals surface area contributed by atoms with Crippen LogP contribution in [0.3, 0.4) is 0 Å². The molecule has 0 spiro atoms. The van der Waals surface area contributed by atoms with E-state index < -0.39 is 17.5 Å². The molecule has 6 heteroatoms. The van der Waals surface area contributed by atoms with E-state index in [2.05, 4.69) is 21.2 Å². The smallest absolute Gasteiger partial charge is 0.258 e. The van der Waals surface area contributed by atoms with Crippen LogP contribution in [0, 0.1) is 11.6 Å². The molecule has 3 nitrogen and oxygen atoms in total. The molecule has 0 aliphatic rings. The summed E-state index contributed by atoms with van der Waals surface area (Å²) in [4.78, 5) is 11.9. The van der Waals surface area contributed by atoms with Gasteiger partial charge < -0.3 is 11.1 Å². The van der Waals surface area contributed by atoms with Crippen LogP contribution in [0.2, 0.25) is 0 Å². The zero-order valence-corrected chi connectivity index (χ0v) is 11.2. The molecule has 0 aromatic heterocycles. The first-order valence-corrected chi connectivity index (χ1v) is 6.08. The van der Waals surface area contributed by atoms with Crippen LogP contribution in [0.5, 0.6) is 0 Å². The Morgan fingerprint density at radius 1 is 1.21 bits per heavy atom. The molecule has 0 saturated carbocycles. The van der Waals surface area contributed by atoms with E-state index in [9.17, 15) is 13.6 Å². The first kappa shape index (κ1) is 13.5. The number of rotatable bonds is 2. The van der Waals surface area contributed by atoms with E-state index in [1.807, 2.05) is 0 Å². The van der Waals surface area contributed by atoms with Crippen LogP contribution in [0.4, 0.5) is 20.2 Å². The third-order valence-electron chi connectivity index (χ3n) is 2.43. The Bertz CT molecular complexity index is 647. The van der Waals surface area contributed by atoms with E-state index in [1.165, 1.54) is 18.2 Å². The van der Waals surface area contributed by atoms with Crippen LogP contribution in [-0.4, -0.2) is 5.91 Å². The van der Waals surface area contributed by atoms with Crippen molar-refractivity contribution in [3.63, 3.8) is 0 Å². The quantitative estimate of drug-likeness (QED) is 0.829. The topological polar surface area (TPSA) is 55.1 Å². The average molecular weight is 327 g/mol. The number of hydrogen-bond acceptors (Lipinski definition) is 2. The second-order valence-electron chi connectivity index (χ2n) is 3.79. The lowest BCUT2D eigenvalue weighted by atomic mass is 10.2. The van der Waals surface area contributed by atoms with Crippen molar-refractivity contribution in [2.75, 3.05) is 11.1 Å². The van der Waals surface area contributed by atoms with Gasteiger partial charge in [-0.1, -0.05) is 6.07 Å². The fourth-order valence-corrected chi connectivity index (χ4v) is 1.85. The molecule has 19 heavy (non-hydrogen) atoms. The van der Waals surface area contributed by atoms with Crippen LogP contribution in [0.15, 0.2) is 40.9 Å². The number of anilines is 2. The van der Waals surface area contributed by atoms with E-state index >= 15 is 0 Å². The SMILES string of the molecule is Nc1ccc(Br)c(NC(=O)c2cccc(F)c2F)c1. The van der Waals surface area contributed by atoms with Gasteiger partial charge in [-0.15, -0.1) is 0 Å². The molecule has 0 atom stereocenters. The molecule has 0 aliphatic carbocycles. The third-order valence-corrected chi connectivity index (χ3v) is 3.13. The van der Waals surface area contributed by atoms with Gasteiger partial charge in [0.25, 0.3) is 5.91 Å². The molecule has 0 aliphatic heterocycles. The molecule has 0 fully saturated rings. The highest BCUT2D eigenvalue weighted by atomic mass is 79.9. The summed E-state index contributed by atoms with van der Waals surface area (Å²) in [6.45, 7) is 0. The minimum absolute atomic E-state index is 0.366. The summed E-state index contributed by atoms with van der Waals surface area (Å²) in [5.41, 5.74) is 6.05. The predicted octanol–water partition coefficient (Wildman–Crippen LogP) is 3.56. The van der Waals surface area contributed by atoms with Crippen molar-refractivity contribution in [3.8, 4) is 0 Å². The summed E-state index contributed by atoms with van der Waals surface area (Å²) in [5.74, 6) is -3.00. The molecular formula is C13H9BrF2N2O. The largest absolute Gasteiger partial charge is 0.399 e. The van der Waals surface area contributed by atoms with E-state index in [0.717, 1.165) is 6.07 Å². The fourth-order valence-electron chi connectivity index (χ4n) is 1.51. The highest BCUT2D eigenvalue weighted by Crippen LogP contribution is 2.25. The molecule has 0 saturated heterocycles. The van der Waals surface area contributed by atoms with Gasteiger partial charge in [0.15, 0.2) is 11.6 Å². The Kier molecular flexibility index (Phi) is 3.80. The molecule has 1 amide bonds. The van der Waals surface area contributed by atoms with Crippen LogP contribution >= 0.6 is 15.9 Å². The van der Waals surface area contributed by atoms with Gasteiger partial charge in [0, 0.05) is 10.2 Å². The fraction of sp³-hybridized carbons (Fsp3) is 0. The van der Waals surface area contributed by atoms with Gasteiger partial charge in [-0.3, -0.25) is 4.79 Å². The standard InChI is InChI=1S/C13H9BrF2N2O/c14-9-5-4-7(17)6-11(9)18-13(19)8-2-1-3-10(15)12(8)16/h1-6H,17H2,(H,18,19). The number of carbonyl (C=O) groups is 1. The predicted molar refractivity (Wildman–Crippen MR) is 72.9 cm³/mol. The zero-order valence-electron chi connectivity index (χ0n) is 9.58. The Hall–Kier alpha value is -1.95. The maximum Gasteiger partial charge on any atom is 0.258 e. The lowest BCUT2D eigenvalue weighted by Gasteiger charge is -2.09. The number of benzene rings is 2. The van der Waals surface area contributed by atoms with Gasteiger partial charge in [-0.25, -0.2) is 8.78 Å². The van der Waals surface area contributed by atoms with Crippen LogP contribution in [0.25, 0.3) is 0 Å². The van der Waals surface area contributed by atoms with Gasteiger partial charge in [0.05, 0.1) is 11.3 Å². The molecule has 0 radical (unpaired) electrons. The number of nitrogens with one attached hydrogen (secondary N) is 1. The number of nitrogens with two attached hydrogens (primary N) is 1. The maximum atomic E-state index is 13.5. The monoisotopic (exact) mass is 326 g/mol. The van der Waals surface area contributed by atoms with Crippen molar-refractivity contribution >= 4 is 33.2 Å². The normalized spacial score (nSPS) is 10.3. The molecule has 0 bridgehead atoms. The third kappa shape index (κ3) is 2.90. The number of amides is 1. The number of carbonyl (C=O) groups excluding carboxylic acids is 1. The lowest BCUT2D eigenvalue weighted by molar-refractivity contribution is 0.102. The zero-order chi connectivity index (χ0) is 14.0. The van der Waals surface area contributed by atoms with Crippen LogP contribution in [-0.2, 0) is 0 Å². The van der Waals surface area contributed by atoms with E-state index in [-0.39, 0.29) is 5.56 Å². The van der Waals surface area contributed by atoms with Gasteiger partial charge in [0.2, 0.25) is 0 Å². The molecular weight excluding hydrogens is 318 g/mol. The van der Waals surface area contributed by atoms with Crippen LogP contribution < -0.4 is 11.1 Å². The highest BCUT2D eigenvalue weighted by molar-refractivity contribution is 9.10. The Balaban J connectivity index is 2.31. The highest BCUT2D eigenvalue weighted by Gasteiger charge is 2.16. The second kappa shape index (κ2) is 5.36. The second-order valence-corrected chi connectivity index (χ2v) is 4.65. The minimum atomic E-state index is -1.18. The summed E-state index contributed by atoms with van der Waals surface area (Å²) in [5, 5.41) is 2.46. The molecule has 98 valence electrons. The first-order valence-electron chi connectivity index (χ1n) is 5.29. The summed E-state index contributed by atoms with van der Waals surface area (Å²) < 4.78 is 27.1. The lowest BCUT2D eigenvalue weighted by Crippen LogP contribution is -2.15. The summed E-state index contributed by atoms with van der Waals surface area (Å²) >= 11 is 3.23. The Morgan fingerprint density at radius 2 is 1.95 bits per heavy atom. The van der Waals surface area contributed by atoms with Gasteiger partial charge in [-0.05, 0) is 46.3 Å². The minimum Gasteiger partial charge on any atom is -0.399 e. The van der Waals surface area contributed by atoms with E-state index in [4.69, 9.17) is 5.73 Å². The summed E-state index contributed by atoms with van der Waals surface area (Å²) in [7, 11) is 0. The van der Waals surface area contributed by atoms with Crippen molar-refractivity contribution in [1.29, 1.82) is 0 Å². The van der Waals surface area contributed by atoms with Crippen molar-refractivity contribution in [3.05, 3.63) is 58.1 Å². The van der Waals surface area contributed by atoms with Crippen molar-refractivity contribution in [2.24, 2.45) is 0 Å². The molecule has 2 rings (SSSR count). The number of halogens is 3. The Morgan fingerprint density at radius 3 is 2.68 bits per heavy atom.